The maximum Gasteiger partial charge on any atom is 0.257 e. The molecule has 2 aromatic carbocycles. The minimum absolute atomic E-state index is 0.130. The lowest BCUT2D eigenvalue weighted by Crippen LogP contribution is -2.30. The first-order valence-electron chi connectivity index (χ1n) is 9.99. The lowest BCUT2D eigenvalue weighted by Gasteiger charge is -2.23. The Morgan fingerprint density at radius 1 is 1.13 bits per heavy atom. The first kappa shape index (κ1) is 24.6. The van der Waals surface area contributed by atoms with Gasteiger partial charge in [-0.05, 0) is 50.6 Å². The summed E-state index contributed by atoms with van der Waals surface area (Å²) in [5, 5.41) is 2.74. The molecule has 0 spiro atoms. The van der Waals surface area contributed by atoms with Crippen LogP contribution in [0.5, 0.6) is 5.75 Å². The van der Waals surface area contributed by atoms with E-state index < -0.39 is 15.8 Å². The first-order chi connectivity index (χ1) is 14.7. The van der Waals surface area contributed by atoms with Crippen LogP contribution in [0, 0.1) is 5.82 Å². The number of carbonyl (C=O) groups is 1. The van der Waals surface area contributed by atoms with Gasteiger partial charge in [-0.15, -0.1) is 0 Å². The summed E-state index contributed by atoms with van der Waals surface area (Å²) in [5.74, 6) is -0.315. The van der Waals surface area contributed by atoms with E-state index in [0.29, 0.717) is 31.0 Å². The van der Waals surface area contributed by atoms with Gasteiger partial charge < -0.3 is 14.8 Å². The van der Waals surface area contributed by atoms with E-state index in [-0.39, 0.29) is 30.7 Å². The molecule has 0 aromatic heterocycles. The van der Waals surface area contributed by atoms with Crippen molar-refractivity contribution in [1.82, 2.24) is 5.32 Å². The molecule has 0 fully saturated rings. The largest absolute Gasteiger partial charge is 0.484 e. The number of ether oxygens (including phenoxy) is 2. The molecule has 31 heavy (non-hydrogen) atoms. The molecule has 0 bridgehead atoms. The monoisotopic (exact) mass is 452 g/mol. The third kappa shape index (κ3) is 8.55. The van der Waals surface area contributed by atoms with Crippen molar-refractivity contribution in [3.63, 3.8) is 0 Å². The number of hydrogen-bond acceptors (Lipinski definition) is 5. The van der Waals surface area contributed by atoms with E-state index in [0.717, 1.165) is 10.6 Å². The Morgan fingerprint density at radius 3 is 2.42 bits per heavy atom. The van der Waals surface area contributed by atoms with E-state index in [1.807, 2.05) is 13.8 Å². The Labute approximate surface area is 183 Å². The van der Waals surface area contributed by atoms with Crippen molar-refractivity contribution in [2.45, 2.75) is 32.9 Å². The molecule has 0 aliphatic rings. The second-order valence-electron chi connectivity index (χ2n) is 7.27. The summed E-state index contributed by atoms with van der Waals surface area (Å²) in [6.07, 6.45) is 1.93. The number of nitrogens with zero attached hydrogens (tertiary/aromatic N) is 1. The molecule has 170 valence electrons. The molecule has 0 atom stereocenters. The van der Waals surface area contributed by atoms with Crippen molar-refractivity contribution in [3.8, 4) is 5.75 Å². The van der Waals surface area contributed by atoms with Crippen LogP contribution in [0.25, 0.3) is 0 Å². The second kappa shape index (κ2) is 11.7. The van der Waals surface area contributed by atoms with E-state index in [2.05, 4.69) is 5.32 Å². The molecule has 2 rings (SSSR count). The normalized spacial score (nSPS) is 11.4. The average molecular weight is 453 g/mol. The highest BCUT2D eigenvalue weighted by Crippen LogP contribution is 2.24. The fraction of sp³-hybridized carbons (Fsp3) is 0.409. The molecule has 0 saturated carbocycles. The van der Waals surface area contributed by atoms with Gasteiger partial charge in [0.15, 0.2) is 6.61 Å². The van der Waals surface area contributed by atoms with Gasteiger partial charge in [0.05, 0.1) is 24.6 Å². The number of benzene rings is 2. The molecule has 0 aliphatic heterocycles. The number of rotatable bonds is 12. The summed E-state index contributed by atoms with van der Waals surface area (Å²) in [5.41, 5.74) is 0.636. The Balaban J connectivity index is 1.91. The topological polar surface area (TPSA) is 84.9 Å². The molecule has 0 aliphatic carbocycles. The fourth-order valence-electron chi connectivity index (χ4n) is 2.71. The summed E-state index contributed by atoms with van der Waals surface area (Å²) in [6, 6.07) is 12.3. The van der Waals surface area contributed by atoms with Crippen LogP contribution in [0.4, 0.5) is 10.1 Å². The average Bonchev–Trinajstić information content (AvgIpc) is 2.71. The maximum absolute atomic E-state index is 14.0. The van der Waals surface area contributed by atoms with Crippen LogP contribution in [-0.4, -0.2) is 46.4 Å². The molecule has 1 amide bonds. The summed E-state index contributed by atoms with van der Waals surface area (Å²) >= 11 is 0. The standard InChI is InChI=1S/C22H29FN2O5S/c1-17(2)29-14-6-13-24-22(26)16-30-20-11-9-19(10-12-20)25(31(3,27)28)15-18-7-4-5-8-21(18)23/h4-5,7-12,17H,6,13-16H2,1-3H3,(H,24,26). The molecule has 0 heterocycles. The van der Waals surface area contributed by atoms with Gasteiger partial charge in [-0.25, -0.2) is 12.8 Å². The zero-order chi connectivity index (χ0) is 22.9. The van der Waals surface area contributed by atoms with E-state index in [4.69, 9.17) is 9.47 Å². The van der Waals surface area contributed by atoms with Crippen molar-refractivity contribution >= 4 is 21.6 Å². The second-order valence-corrected chi connectivity index (χ2v) is 9.17. The van der Waals surface area contributed by atoms with Gasteiger partial charge in [0.1, 0.15) is 11.6 Å². The van der Waals surface area contributed by atoms with E-state index in [1.165, 1.54) is 6.07 Å². The van der Waals surface area contributed by atoms with E-state index >= 15 is 0 Å². The highest BCUT2D eigenvalue weighted by Gasteiger charge is 2.19. The van der Waals surface area contributed by atoms with Crippen molar-refractivity contribution < 1.29 is 27.1 Å². The van der Waals surface area contributed by atoms with E-state index in [9.17, 15) is 17.6 Å². The Bertz CT molecular complexity index is 949. The SMILES string of the molecule is CC(C)OCCCNC(=O)COc1ccc(N(Cc2ccccc2F)S(C)(=O)=O)cc1. The zero-order valence-corrected chi connectivity index (χ0v) is 18.8. The van der Waals surface area contributed by atoms with Crippen LogP contribution >= 0.6 is 0 Å². The molecular formula is C22H29FN2O5S. The highest BCUT2D eigenvalue weighted by atomic mass is 32.2. The third-order valence-electron chi connectivity index (χ3n) is 4.26. The number of amides is 1. The molecule has 0 saturated heterocycles. The van der Waals surface area contributed by atoms with Crippen molar-refractivity contribution in [3.05, 3.63) is 59.9 Å². The molecule has 1 N–H and O–H groups in total. The van der Waals surface area contributed by atoms with E-state index in [1.54, 1.807) is 42.5 Å². The predicted molar refractivity (Wildman–Crippen MR) is 118 cm³/mol. The molecule has 0 unspecified atom stereocenters. The molecule has 7 nitrogen and oxygen atoms in total. The zero-order valence-electron chi connectivity index (χ0n) is 18.0. The lowest BCUT2D eigenvalue weighted by atomic mass is 10.2. The Morgan fingerprint density at radius 2 is 1.81 bits per heavy atom. The van der Waals surface area contributed by atoms with Gasteiger partial charge in [-0.3, -0.25) is 9.10 Å². The van der Waals surface area contributed by atoms with Crippen LogP contribution in [0.2, 0.25) is 0 Å². The number of nitrogens with one attached hydrogen (secondary N) is 1. The minimum atomic E-state index is -3.64. The summed E-state index contributed by atoms with van der Waals surface area (Å²) in [4.78, 5) is 11.9. The quantitative estimate of drug-likeness (QED) is 0.500. The molecular weight excluding hydrogens is 423 g/mol. The first-order valence-corrected chi connectivity index (χ1v) is 11.8. The van der Waals surface area contributed by atoms with Crippen molar-refractivity contribution in [2.24, 2.45) is 0 Å². The number of sulfonamides is 1. The number of halogens is 1. The lowest BCUT2D eigenvalue weighted by molar-refractivity contribution is -0.123. The third-order valence-corrected chi connectivity index (χ3v) is 5.40. The summed E-state index contributed by atoms with van der Waals surface area (Å²) in [6.45, 7) is 4.68. The number of anilines is 1. The maximum atomic E-state index is 14.0. The number of carbonyl (C=O) groups excluding carboxylic acids is 1. The van der Waals surface area contributed by atoms with Crippen LogP contribution in [0.1, 0.15) is 25.8 Å². The predicted octanol–water partition coefficient (Wildman–Crippen LogP) is 3.10. The van der Waals surface area contributed by atoms with Gasteiger partial charge in [0.2, 0.25) is 10.0 Å². The van der Waals surface area contributed by atoms with Gasteiger partial charge in [-0.2, -0.15) is 0 Å². The Kier molecular flexibility index (Phi) is 9.26. The van der Waals surface area contributed by atoms with Gasteiger partial charge in [0, 0.05) is 18.7 Å². The van der Waals surface area contributed by atoms with Crippen LogP contribution in [0.3, 0.4) is 0 Å². The summed E-state index contributed by atoms with van der Waals surface area (Å²) < 4.78 is 50.4. The van der Waals surface area contributed by atoms with Crippen molar-refractivity contribution in [1.29, 1.82) is 0 Å². The van der Waals surface area contributed by atoms with Crippen LogP contribution < -0.4 is 14.4 Å². The fourth-order valence-corrected chi connectivity index (χ4v) is 3.59. The summed E-state index contributed by atoms with van der Waals surface area (Å²) in [7, 11) is -3.64. The number of hydrogen-bond donors (Lipinski definition) is 1. The van der Waals surface area contributed by atoms with Crippen LogP contribution in [0.15, 0.2) is 48.5 Å². The molecule has 0 radical (unpaired) electrons. The van der Waals surface area contributed by atoms with Gasteiger partial charge >= 0.3 is 0 Å². The van der Waals surface area contributed by atoms with Gasteiger partial charge in [0.25, 0.3) is 5.91 Å². The molecule has 2 aromatic rings. The minimum Gasteiger partial charge on any atom is -0.484 e. The van der Waals surface area contributed by atoms with Crippen LogP contribution in [-0.2, 0) is 26.1 Å². The molecule has 9 heteroatoms. The smallest absolute Gasteiger partial charge is 0.257 e. The van der Waals surface area contributed by atoms with Crippen molar-refractivity contribution in [2.75, 3.05) is 30.3 Å². The highest BCUT2D eigenvalue weighted by molar-refractivity contribution is 7.92. The van der Waals surface area contributed by atoms with Gasteiger partial charge in [-0.1, -0.05) is 18.2 Å². The Hall–Kier alpha value is -2.65.